The second-order valence-corrected chi connectivity index (χ2v) is 19.8. The first-order valence-corrected chi connectivity index (χ1v) is 30.7. The van der Waals surface area contributed by atoms with Crippen molar-refractivity contribution in [1.29, 1.82) is 0 Å². The molecule has 424 valence electrons. The number of hydrogen-bond acceptors (Lipinski definition) is 6. The van der Waals surface area contributed by atoms with Gasteiger partial charge in [0.2, 0.25) is 0 Å². The van der Waals surface area contributed by atoms with Gasteiger partial charge in [0, 0.05) is 19.3 Å². The third-order valence-corrected chi connectivity index (χ3v) is 12.6. The molecule has 0 fully saturated rings. The van der Waals surface area contributed by atoms with E-state index in [9.17, 15) is 14.4 Å². The minimum absolute atomic E-state index is 0.109. The van der Waals surface area contributed by atoms with Crippen LogP contribution in [0.5, 0.6) is 0 Å². The summed E-state index contributed by atoms with van der Waals surface area (Å²) in [4.78, 5) is 38.2. The van der Waals surface area contributed by atoms with E-state index in [0.717, 1.165) is 109 Å². The van der Waals surface area contributed by atoms with E-state index in [1.807, 2.05) is 6.08 Å². The van der Waals surface area contributed by atoms with Crippen molar-refractivity contribution in [3.05, 3.63) is 134 Å². The molecule has 0 saturated heterocycles. The zero-order valence-electron chi connectivity index (χ0n) is 48.5. The molecule has 0 rings (SSSR count). The van der Waals surface area contributed by atoms with Crippen LogP contribution in [-0.2, 0) is 28.6 Å². The lowest BCUT2D eigenvalue weighted by atomic mass is 10.1. The number of esters is 3. The van der Waals surface area contributed by atoms with E-state index in [0.29, 0.717) is 19.3 Å². The van der Waals surface area contributed by atoms with Crippen LogP contribution in [0.3, 0.4) is 0 Å². The highest BCUT2D eigenvalue weighted by molar-refractivity contribution is 5.71. The Labute approximate surface area is 462 Å². The Morgan fingerprint density at radius 2 is 0.547 bits per heavy atom. The van der Waals surface area contributed by atoms with Gasteiger partial charge in [-0.2, -0.15) is 0 Å². The Hall–Kier alpha value is -4.45. The predicted molar refractivity (Wildman–Crippen MR) is 325 cm³/mol. The van der Waals surface area contributed by atoms with Crippen molar-refractivity contribution >= 4 is 17.9 Å². The Morgan fingerprint density at radius 3 is 0.893 bits per heavy atom. The fraction of sp³-hybridized carbons (Fsp3) is 0.638. The summed E-state index contributed by atoms with van der Waals surface area (Å²) in [5, 5.41) is 0. The molecule has 0 saturated carbocycles. The van der Waals surface area contributed by atoms with Crippen molar-refractivity contribution in [3.8, 4) is 0 Å². The van der Waals surface area contributed by atoms with Gasteiger partial charge in [-0.15, -0.1) is 0 Å². The first-order chi connectivity index (χ1) is 37.0. The van der Waals surface area contributed by atoms with Crippen molar-refractivity contribution in [2.75, 3.05) is 13.2 Å². The van der Waals surface area contributed by atoms with Gasteiger partial charge in [-0.3, -0.25) is 14.4 Å². The van der Waals surface area contributed by atoms with Crippen molar-refractivity contribution in [2.45, 2.75) is 271 Å². The summed E-state index contributed by atoms with van der Waals surface area (Å²) in [6.45, 7) is 6.32. The summed E-state index contributed by atoms with van der Waals surface area (Å²) in [5.74, 6) is -1.00. The van der Waals surface area contributed by atoms with Gasteiger partial charge in [-0.1, -0.05) is 257 Å². The fourth-order valence-corrected chi connectivity index (χ4v) is 8.10. The normalized spacial score (nSPS) is 13.1. The number of carbonyl (C=O) groups is 3. The van der Waals surface area contributed by atoms with Crippen LogP contribution in [0, 0.1) is 0 Å². The number of carbonyl (C=O) groups excluding carboxylic acids is 3. The molecule has 0 amide bonds. The van der Waals surface area contributed by atoms with Crippen LogP contribution in [0.1, 0.15) is 265 Å². The van der Waals surface area contributed by atoms with E-state index in [4.69, 9.17) is 14.2 Å². The van der Waals surface area contributed by atoms with E-state index in [2.05, 4.69) is 148 Å². The lowest BCUT2D eigenvalue weighted by molar-refractivity contribution is -0.166. The van der Waals surface area contributed by atoms with Crippen molar-refractivity contribution < 1.29 is 28.6 Å². The maximum absolute atomic E-state index is 12.9. The summed E-state index contributed by atoms with van der Waals surface area (Å²) >= 11 is 0. The smallest absolute Gasteiger partial charge is 0.306 e. The highest BCUT2D eigenvalue weighted by Gasteiger charge is 2.19. The summed E-state index contributed by atoms with van der Waals surface area (Å²) in [7, 11) is 0. The molecule has 0 aromatic heterocycles. The standard InChI is InChI=1S/C69H112O6/c1-4-7-10-13-16-19-22-25-27-29-31-32-33-34-35-36-38-39-41-44-47-50-53-56-59-62-68(71)74-65-66(64-73-67(70)61-58-55-52-49-46-43-24-21-18-15-12-9-6-3)75-69(72)63-60-57-54-51-48-45-42-40-37-30-28-26-23-20-17-14-11-8-5-2/h7,9-10,12,16-21,25-28,31-32,34-35,43,46,52,55,66H,4-6,8,11,13-15,22-24,29-30,33,36-42,44-45,47-51,53-54,56-65H2,1-3H3/b10-7-,12-9-,19-16-,20-17-,21-18-,27-25-,28-26-,32-31-,35-34-,46-43-,55-52-. The Balaban J connectivity index is 4.41. The predicted octanol–water partition coefficient (Wildman–Crippen LogP) is 21.0. The monoisotopic (exact) mass is 1040 g/mol. The van der Waals surface area contributed by atoms with Crippen LogP contribution in [0.4, 0.5) is 0 Å². The number of unbranched alkanes of at least 4 members (excludes halogenated alkanes) is 21. The molecule has 0 spiro atoms. The van der Waals surface area contributed by atoms with Crippen molar-refractivity contribution in [2.24, 2.45) is 0 Å². The molecule has 0 bridgehead atoms. The maximum Gasteiger partial charge on any atom is 0.306 e. The lowest BCUT2D eigenvalue weighted by Crippen LogP contribution is -2.30. The molecule has 0 radical (unpaired) electrons. The van der Waals surface area contributed by atoms with Gasteiger partial charge in [-0.25, -0.2) is 0 Å². The molecule has 6 nitrogen and oxygen atoms in total. The van der Waals surface area contributed by atoms with Gasteiger partial charge in [-0.05, 0) is 122 Å². The molecule has 0 aromatic carbocycles. The van der Waals surface area contributed by atoms with E-state index in [1.54, 1.807) is 0 Å². The Bertz CT molecular complexity index is 1620. The van der Waals surface area contributed by atoms with Crippen LogP contribution in [-0.4, -0.2) is 37.2 Å². The molecule has 0 aliphatic carbocycles. The second-order valence-electron chi connectivity index (χ2n) is 19.8. The molecule has 0 aliphatic heterocycles. The van der Waals surface area contributed by atoms with Gasteiger partial charge in [0.1, 0.15) is 13.2 Å². The summed E-state index contributed by atoms with van der Waals surface area (Å²) < 4.78 is 16.8. The average molecular weight is 1040 g/mol. The average Bonchev–Trinajstić information content (AvgIpc) is 3.41. The number of rotatable bonds is 54. The SMILES string of the molecule is CC/C=C\C/C=C\C/C=C\C/C=C\C/C=C\CCCCCCCCCCCC(=O)OCC(COC(=O)CC/C=C\C/C=C\C/C=C\C/C=C\CC)OC(=O)CCCCCCCCCCC/C=C\C/C=C\CCCCC. The first kappa shape index (κ1) is 70.5. The summed E-state index contributed by atoms with van der Waals surface area (Å²) in [6.07, 6.45) is 87.5. The van der Waals surface area contributed by atoms with Crippen LogP contribution >= 0.6 is 0 Å². The quantitative estimate of drug-likeness (QED) is 0.0261. The third kappa shape index (κ3) is 60.3. The molecular formula is C69H112O6. The molecule has 1 unspecified atom stereocenters. The topological polar surface area (TPSA) is 78.9 Å². The molecule has 0 heterocycles. The molecule has 0 aliphatic rings. The molecular weight excluding hydrogens is 925 g/mol. The lowest BCUT2D eigenvalue weighted by Gasteiger charge is -2.18. The molecule has 6 heteroatoms. The van der Waals surface area contributed by atoms with E-state index < -0.39 is 6.10 Å². The Morgan fingerprint density at radius 1 is 0.280 bits per heavy atom. The van der Waals surface area contributed by atoms with Gasteiger partial charge >= 0.3 is 17.9 Å². The van der Waals surface area contributed by atoms with E-state index in [-0.39, 0.29) is 37.5 Å². The number of allylic oxidation sites excluding steroid dienone is 22. The van der Waals surface area contributed by atoms with Crippen LogP contribution < -0.4 is 0 Å². The molecule has 1 atom stereocenters. The highest BCUT2D eigenvalue weighted by Crippen LogP contribution is 2.15. The van der Waals surface area contributed by atoms with Gasteiger partial charge < -0.3 is 14.2 Å². The first-order valence-electron chi connectivity index (χ1n) is 30.7. The zero-order valence-corrected chi connectivity index (χ0v) is 48.5. The van der Waals surface area contributed by atoms with E-state index >= 15 is 0 Å². The minimum Gasteiger partial charge on any atom is -0.462 e. The van der Waals surface area contributed by atoms with Crippen LogP contribution in [0.25, 0.3) is 0 Å². The van der Waals surface area contributed by atoms with Crippen LogP contribution in [0.2, 0.25) is 0 Å². The molecule has 0 aromatic rings. The largest absolute Gasteiger partial charge is 0.462 e. The van der Waals surface area contributed by atoms with E-state index in [1.165, 1.54) is 109 Å². The van der Waals surface area contributed by atoms with Crippen LogP contribution in [0.15, 0.2) is 134 Å². The second kappa shape index (κ2) is 62.1. The fourth-order valence-electron chi connectivity index (χ4n) is 8.10. The zero-order chi connectivity index (χ0) is 54.3. The highest BCUT2D eigenvalue weighted by atomic mass is 16.6. The number of hydrogen-bond donors (Lipinski definition) is 0. The van der Waals surface area contributed by atoms with Crippen molar-refractivity contribution in [1.82, 2.24) is 0 Å². The van der Waals surface area contributed by atoms with Gasteiger partial charge in [0.25, 0.3) is 0 Å². The molecule has 75 heavy (non-hydrogen) atoms. The number of ether oxygens (including phenoxy) is 3. The van der Waals surface area contributed by atoms with Crippen molar-refractivity contribution in [3.63, 3.8) is 0 Å². The molecule has 0 N–H and O–H groups in total. The maximum atomic E-state index is 12.9. The Kier molecular flexibility index (Phi) is 58.4. The third-order valence-electron chi connectivity index (χ3n) is 12.6. The van der Waals surface area contributed by atoms with Gasteiger partial charge in [0.15, 0.2) is 6.10 Å². The van der Waals surface area contributed by atoms with Gasteiger partial charge in [0.05, 0.1) is 0 Å². The minimum atomic E-state index is -0.817. The summed E-state index contributed by atoms with van der Waals surface area (Å²) in [5.41, 5.74) is 0. The summed E-state index contributed by atoms with van der Waals surface area (Å²) in [6, 6.07) is 0.